The number of carbonyl (C=O) groups excluding carboxylic acids is 1. The van der Waals surface area contributed by atoms with Crippen LogP contribution in [0.2, 0.25) is 0 Å². The van der Waals surface area contributed by atoms with Crippen molar-refractivity contribution in [2.75, 3.05) is 0 Å². The molecule has 0 aliphatic rings. The van der Waals surface area contributed by atoms with Crippen LogP contribution in [-0.2, 0) is 0 Å². The first-order valence-electron chi connectivity index (χ1n) is 5.97. The highest BCUT2D eigenvalue weighted by Crippen LogP contribution is 2.26. The number of carbonyl (C=O) groups is 2. The molecule has 3 aromatic rings. The van der Waals surface area contributed by atoms with Crippen molar-refractivity contribution in [2.45, 2.75) is 6.92 Å². The van der Waals surface area contributed by atoms with Crippen molar-refractivity contribution in [1.29, 1.82) is 0 Å². The fourth-order valence-electron chi connectivity index (χ4n) is 2.08. The molecule has 1 amide bonds. The Morgan fingerprint density at radius 1 is 1.33 bits per heavy atom. The van der Waals surface area contributed by atoms with Gasteiger partial charge in [-0.3, -0.25) is 4.79 Å². The molecule has 3 rings (SSSR count). The van der Waals surface area contributed by atoms with Crippen LogP contribution in [0.3, 0.4) is 0 Å². The average Bonchev–Trinajstić information content (AvgIpc) is 2.99. The molecule has 0 atom stereocenters. The number of fused-ring (bicyclic) bond motifs is 1. The van der Waals surface area contributed by atoms with E-state index in [2.05, 4.69) is 10.1 Å². The summed E-state index contributed by atoms with van der Waals surface area (Å²) in [4.78, 5) is 27.4. The van der Waals surface area contributed by atoms with Gasteiger partial charge in [-0.05, 0) is 13.0 Å². The topological polar surface area (TPSA) is 111 Å². The SMILES string of the molecule is Cc1sc(C(N)=O)nc1-n1nc(C(=O)O)c2ccccc21. The van der Waals surface area contributed by atoms with Crippen LogP contribution < -0.4 is 5.73 Å². The first-order chi connectivity index (χ1) is 9.99. The van der Waals surface area contributed by atoms with E-state index in [4.69, 9.17) is 5.73 Å². The number of benzene rings is 1. The van der Waals surface area contributed by atoms with Gasteiger partial charge in [0.05, 0.1) is 5.52 Å². The minimum absolute atomic E-state index is 0.0568. The molecule has 7 nitrogen and oxygen atoms in total. The van der Waals surface area contributed by atoms with Gasteiger partial charge in [-0.2, -0.15) is 5.10 Å². The highest BCUT2D eigenvalue weighted by atomic mass is 32.1. The zero-order valence-electron chi connectivity index (χ0n) is 10.9. The van der Waals surface area contributed by atoms with E-state index < -0.39 is 11.9 Å². The van der Waals surface area contributed by atoms with Gasteiger partial charge in [-0.25, -0.2) is 14.5 Å². The predicted molar refractivity (Wildman–Crippen MR) is 77.0 cm³/mol. The van der Waals surface area contributed by atoms with Crippen molar-refractivity contribution in [2.24, 2.45) is 5.73 Å². The zero-order valence-corrected chi connectivity index (χ0v) is 11.7. The number of rotatable bonds is 3. The Labute approximate surface area is 122 Å². The molecular formula is C13H10N4O3S. The number of nitrogens with zero attached hydrogens (tertiary/aromatic N) is 3. The van der Waals surface area contributed by atoms with Crippen molar-refractivity contribution >= 4 is 34.1 Å². The van der Waals surface area contributed by atoms with Gasteiger partial charge in [0.15, 0.2) is 16.5 Å². The highest BCUT2D eigenvalue weighted by Gasteiger charge is 2.20. The van der Waals surface area contributed by atoms with Gasteiger partial charge in [0.1, 0.15) is 0 Å². The molecular weight excluding hydrogens is 292 g/mol. The second-order valence-corrected chi connectivity index (χ2v) is 5.55. The predicted octanol–water partition coefficient (Wildman–Crippen LogP) is 1.59. The summed E-state index contributed by atoms with van der Waals surface area (Å²) >= 11 is 1.15. The number of hydrogen-bond acceptors (Lipinski definition) is 5. The third-order valence-electron chi connectivity index (χ3n) is 2.97. The van der Waals surface area contributed by atoms with Gasteiger partial charge < -0.3 is 10.8 Å². The number of primary amides is 1. The van der Waals surface area contributed by atoms with E-state index in [9.17, 15) is 14.7 Å². The first-order valence-corrected chi connectivity index (χ1v) is 6.79. The fraction of sp³-hybridized carbons (Fsp3) is 0.0769. The molecule has 0 unspecified atom stereocenters. The molecule has 0 radical (unpaired) electrons. The Kier molecular flexibility index (Phi) is 2.95. The Morgan fingerprint density at radius 3 is 2.67 bits per heavy atom. The van der Waals surface area contributed by atoms with Crippen molar-refractivity contribution in [1.82, 2.24) is 14.8 Å². The van der Waals surface area contributed by atoms with Crippen LogP contribution in [0.25, 0.3) is 16.7 Å². The Morgan fingerprint density at radius 2 is 2.05 bits per heavy atom. The number of carboxylic acids is 1. The minimum Gasteiger partial charge on any atom is -0.476 e. The van der Waals surface area contributed by atoms with E-state index in [-0.39, 0.29) is 10.7 Å². The summed E-state index contributed by atoms with van der Waals surface area (Å²) < 4.78 is 1.43. The number of thiazole rings is 1. The van der Waals surface area contributed by atoms with E-state index in [1.807, 2.05) is 0 Å². The smallest absolute Gasteiger partial charge is 0.357 e. The molecule has 0 fully saturated rings. The normalized spacial score (nSPS) is 10.9. The Bertz CT molecular complexity index is 881. The number of aryl methyl sites for hydroxylation is 1. The standard InChI is InChI=1S/C13H10N4O3S/c1-6-11(15-12(21-6)10(14)18)17-8-5-3-2-4-7(8)9(16-17)13(19)20/h2-5H,1H3,(H2,14,18)(H,19,20). The van der Waals surface area contributed by atoms with Gasteiger partial charge in [0, 0.05) is 10.3 Å². The molecule has 3 N–H and O–H groups in total. The summed E-state index contributed by atoms with van der Waals surface area (Å²) in [5.74, 6) is -1.32. The number of carboxylic acid groups (broad SMARTS) is 1. The van der Waals surface area contributed by atoms with Crippen molar-refractivity contribution < 1.29 is 14.7 Å². The first kappa shape index (κ1) is 13.3. The van der Waals surface area contributed by atoms with E-state index >= 15 is 0 Å². The molecule has 0 aliphatic heterocycles. The molecule has 106 valence electrons. The average molecular weight is 302 g/mol. The van der Waals surface area contributed by atoms with Crippen LogP contribution in [0.15, 0.2) is 24.3 Å². The number of para-hydroxylation sites is 1. The minimum atomic E-state index is -1.12. The Balaban J connectivity index is 2.30. The summed E-state index contributed by atoms with van der Waals surface area (Å²) in [6, 6.07) is 6.95. The molecule has 0 saturated carbocycles. The molecule has 8 heteroatoms. The molecule has 0 spiro atoms. The van der Waals surface area contributed by atoms with E-state index in [0.717, 1.165) is 16.2 Å². The summed E-state index contributed by atoms with van der Waals surface area (Å²) in [6.07, 6.45) is 0. The zero-order chi connectivity index (χ0) is 15.1. The number of nitrogens with two attached hydrogens (primary N) is 1. The van der Waals surface area contributed by atoms with Gasteiger partial charge in [0.2, 0.25) is 0 Å². The van der Waals surface area contributed by atoms with Gasteiger partial charge >= 0.3 is 5.97 Å². The second kappa shape index (κ2) is 4.67. The van der Waals surface area contributed by atoms with Crippen LogP contribution in [0.5, 0.6) is 0 Å². The summed E-state index contributed by atoms with van der Waals surface area (Å²) in [7, 11) is 0. The molecule has 2 aromatic heterocycles. The molecule has 21 heavy (non-hydrogen) atoms. The van der Waals surface area contributed by atoms with Crippen LogP contribution in [0, 0.1) is 6.92 Å². The summed E-state index contributed by atoms with van der Waals surface area (Å²) in [5.41, 5.74) is 5.78. The van der Waals surface area contributed by atoms with E-state index in [1.165, 1.54) is 4.68 Å². The van der Waals surface area contributed by atoms with Crippen LogP contribution in [0.1, 0.15) is 25.2 Å². The number of hydrogen-bond donors (Lipinski definition) is 2. The van der Waals surface area contributed by atoms with Crippen LogP contribution in [-0.4, -0.2) is 31.7 Å². The molecule has 2 heterocycles. The maximum absolute atomic E-state index is 11.3. The number of aromatic carboxylic acids is 1. The van der Waals surface area contributed by atoms with Crippen molar-refractivity contribution in [3.8, 4) is 5.82 Å². The van der Waals surface area contributed by atoms with Crippen LogP contribution in [0.4, 0.5) is 0 Å². The quantitative estimate of drug-likeness (QED) is 0.763. The summed E-state index contributed by atoms with van der Waals surface area (Å²) in [6.45, 7) is 1.77. The molecule has 1 aromatic carbocycles. The van der Waals surface area contributed by atoms with Crippen molar-refractivity contribution in [3.05, 3.63) is 39.8 Å². The van der Waals surface area contributed by atoms with E-state index in [0.29, 0.717) is 16.7 Å². The Hall–Kier alpha value is -2.74. The lowest BCUT2D eigenvalue weighted by Crippen LogP contribution is -2.11. The van der Waals surface area contributed by atoms with Crippen LogP contribution >= 0.6 is 11.3 Å². The monoisotopic (exact) mass is 302 g/mol. The highest BCUT2D eigenvalue weighted by molar-refractivity contribution is 7.13. The second-order valence-electron chi connectivity index (χ2n) is 4.35. The maximum Gasteiger partial charge on any atom is 0.357 e. The number of amides is 1. The maximum atomic E-state index is 11.3. The molecule has 0 bridgehead atoms. The number of aromatic nitrogens is 3. The van der Waals surface area contributed by atoms with Gasteiger partial charge in [0.25, 0.3) is 5.91 Å². The lowest BCUT2D eigenvalue weighted by Gasteiger charge is -1.99. The van der Waals surface area contributed by atoms with Gasteiger partial charge in [-0.1, -0.05) is 18.2 Å². The van der Waals surface area contributed by atoms with E-state index in [1.54, 1.807) is 31.2 Å². The third kappa shape index (κ3) is 2.05. The molecule has 0 saturated heterocycles. The largest absolute Gasteiger partial charge is 0.476 e. The van der Waals surface area contributed by atoms with Gasteiger partial charge in [-0.15, -0.1) is 11.3 Å². The lowest BCUT2D eigenvalue weighted by molar-refractivity contribution is 0.0691. The summed E-state index contributed by atoms with van der Waals surface area (Å²) in [5, 5.41) is 14.0. The third-order valence-corrected chi connectivity index (χ3v) is 3.95. The van der Waals surface area contributed by atoms with Crippen molar-refractivity contribution in [3.63, 3.8) is 0 Å². The molecule has 0 aliphatic carbocycles. The fourth-order valence-corrected chi connectivity index (χ4v) is 2.82. The lowest BCUT2D eigenvalue weighted by atomic mass is 10.2.